The van der Waals surface area contributed by atoms with Crippen LogP contribution in [-0.4, -0.2) is 13.6 Å². The fraction of sp³-hybridized carbons (Fsp3) is 0.294. The van der Waals surface area contributed by atoms with Crippen molar-refractivity contribution in [3.63, 3.8) is 0 Å². The highest BCUT2D eigenvalue weighted by molar-refractivity contribution is 6.33. The summed E-state index contributed by atoms with van der Waals surface area (Å²) < 4.78 is 0. The third-order valence-corrected chi connectivity index (χ3v) is 3.67. The Morgan fingerprint density at radius 2 is 1.90 bits per heavy atom. The molecule has 0 aliphatic carbocycles. The molecule has 0 saturated carbocycles. The molecule has 3 heteroatoms. The number of nitrogens with zero attached hydrogens (tertiary/aromatic N) is 1. The molecule has 0 atom stereocenters. The normalized spacial score (nSPS) is 10.6. The number of benzene rings is 2. The molecule has 0 spiro atoms. The van der Waals surface area contributed by atoms with Crippen molar-refractivity contribution in [2.24, 2.45) is 0 Å². The van der Waals surface area contributed by atoms with Gasteiger partial charge in [0, 0.05) is 19.3 Å². The van der Waals surface area contributed by atoms with Gasteiger partial charge in [-0.3, -0.25) is 0 Å². The number of halogens is 1. The van der Waals surface area contributed by atoms with Crippen LogP contribution in [0.1, 0.15) is 18.1 Å². The molecule has 0 heterocycles. The summed E-state index contributed by atoms with van der Waals surface area (Å²) in [6.07, 6.45) is 0. The quantitative estimate of drug-likeness (QED) is 0.870. The van der Waals surface area contributed by atoms with Gasteiger partial charge in [-0.15, -0.1) is 0 Å². The number of hydrogen-bond acceptors (Lipinski definition) is 2. The van der Waals surface area contributed by atoms with E-state index in [0.29, 0.717) is 0 Å². The molecule has 20 heavy (non-hydrogen) atoms. The van der Waals surface area contributed by atoms with Crippen molar-refractivity contribution < 1.29 is 0 Å². The maximum atomic E-state index is 6.42. The van der Waals surface area contributed by atoms with Gasteiger partial charge < -0.3 is 10.2 Å². The van der Waals surface area contributed by atoms with E-state index in [4.69, 9.17) is 11.6 Å². The van der Waals surface area contributed by atoms with Gasteiger partial charge >= 0.3 is 0 Å². The molecule has 1 N–H and O–H groups in total. The van der Waals surface area contributed by atoms with Gasteiger partial charge in [-0.25, -0.2) is 0 Å². The van der Waals surface area contributed by atoms with Crippen LogP contribution in [0, 0.1) is 6.92 Å². The van der Waals surface area contributed by atoms with Crippen LogP contribution in [-0.2, 0) is 6.54 Å². The number of rotatable bonds is 5. The Morgan fingerprint density at radius 1 is 1.15 bits per heavy atom. The lowest BCUT2D eigenvalue weighted by molar-refractivity contribution is 0.726. The third-order valence-electron chi connectivity index (χ3n) is 3.36. The minimum atomic E-state index is 0.782. The molecule has 106 valence electrons. The molecule has 2 rings (SSSR count). The maximum Gasteiger partial charge on any atom is 0.0646 e. The first-order valence-corrected chi connectivity index (χ1v) is 7.29. The molecule has 0 unspecified atom stereocenters. The largest absolute Gasteiger partial charge is 0.343 e. The molecule has 0 fully saturated rings. The molecule has 2 aromatic rings. The zero-order valence-corrected chi connectivity index (χ0v) is 13.0. The zero-order chi connectivity index (χ0) is 14.5. The SMILES string of the molecule is CCNCc1cccc(Cl)c1N(C)c1cccc(C)c1. The van der Waals surface area contributed by atoms with Gasteiger partial charge in [0.15, 0.2) is 0 Å². The van der Waals surface area contributed by atoms with E-state index in [1.165, 1.54) is 11.1 Å². The molecule has 0 bridgehead atoms. The molecule has 2 aromatic carbocycles. The van der Waals surface area contributed by atoms with Crippen LogP contribution < -0.4 is 10.2 Å². The number of hydrogen-bond donors (Lipinski definition) is 1. The van der Waals surface area contributed by atoms with E-state index in [-0.39, 0.29) is 0 Å². The Hall–Kier alpha value is -1.51. The molecule has 0 aromatic heterocycles. The predicted molar refractivity (Wildman–Crippen MR) is 88.1 cm³/mol. The van der Waals surface area contributed by atoms with Gasteiger partial charge in [0.25, 0.3) is 0 Å². The highest BCUT2D eigenvalue weighted by Gasteiger charge is 2.13. The first-order chi connectivity index (χ1) is 9.63. The van der Waals surface area contributed by atoms with Crippen molar-refractivity contribution in [2.75, 3.05) is 18.5 Å². The monoisotopic (exact) mass is 288 g/mol. The van der Waals surface area contributed by atoms with Crippen LogP contribution in [0.3, 0.4) is 0 Å². The van der Waals surface area contributed by atoms with E-state index >= 15 is 0 Å². The Labute approximate surface area is 126 Å². The van der Waals surface area contributed by atoms with E-state index in [1.54, 1.807) is 0 Å². The summed E-state index contributed by atoms with van der Waals surface area (Å²) in [5.41, 5.74) is 4.68. The fourth-order valence-electron chi connectivity index (χ4n) is 2.30. The van der Waals surface area contributed by atoms with Gasteiger partial charge in [-0.2, -0.15) is 0 Å². The van der Waals surface area contributed by atoms with Gasteiger partial charge in [0.05, 0.1) is 10.7 Å². The molecule has 0 aliphatic rings. The summed E-state index contributed by atoms with van der Waals surface area (Å²) in [6.45, 7) is 5.97. The summed E-state index contributed by atoms with van der Waals surface area (Å²) >= 11 is 6.42. The van der Waals surface area contributed by atoms with Crippen molar-refractivity contribution in [2.45, 2.75) is 20.4 Å². The zero-order valence-electron chi connectivity index (χ0n) is 12.3. The van der Waals surface area contributed by atoms with Crippen LogP contribution in [0.15, 0.2) is 42.5 Å². The minimum absolute atomic E-state index is 0.782. The Bertz CT molecular complexity index is 581. The number of anilines is 2. The van der Waals surface area contributed by atoms with E-state index in [9.17, 15) is 0 Å². The van der Waals surface area contributed by atoms with Gasteiger partial charge in [-0.05, 0) is 42.8 Å². The van der Waals surface area contributed by atoms with Crippen LogP contribution in [0.5, 0.6) is 0 Å². The average molecular weight is 289 g/mol. The Balaban J connectivity index is 2.40. The Kier molecular flexibility index (Phi) is 5.05. The molecule has 0 aliphatic heterocycles. The second-order valence-electron chi connectivity index (χ2n) is 4.93. The second-order valence-corrected chi connectivity index (χ2v) is 5.33. The summed E-state index contributed by atoms with van der Waals surface area (Å²) in [5.74, 6) is 0. The minimum Gasteiger partial charge on any atom is -0.343 e. The van der Waals surface area contributed by atoms with Crippen molar-refractivity contribution in [1.82, 2.24) is 5.32 Å². The van der Waals surface area contributed by atoms with Crippen LogP contribution in [0.4, 0.5) is 11.4 Å². The predicted octanol–water partition coefficient (Wildman–Crippen LogP) is 4.53. The Morgan fingerprint density at radius 3 is 2.60 bits per heavy atom. The first-order valence-electron chi connectivity index (χ1n) is 6.92. The van der Waals surface area contributed by atoms with E-state index in [0.717, 1.165) is 29.5 Å². The van der Waals surface area contributed by atoms with E-state index in [2.05, 4.69) is 61.4 Å². The molecular weight excluding hydrogens is 268 g/mol. The summed E-state index contributed by atoms with van der Waals surface area (Å²) in [5, 5.41) is 4.15. The molecule has 2 nitrogen and oxygen atoms in total. The molecular formula is C17H21ClN2. The van der Waals surface area contributed by atoms with E-state index < -0.39 is 0 Å². The molecule has 0 amide bonds. The number of para-hydroxylation sites is 1. The van der Waals surface area contributed by atoms with Gasteiger partial charge in [0.2, 0.25) is 0 Å². The lowest BCUT2D eigenvalue weighted by Crippen LogP contribution is -2.17. The van der Waals surface area contributed by atoms with Crippen molar-refractivity contribution >= 4 is 23.0 Å². The standard InChI is InChI=1S/C17H21ClN2/c1-4-19-12-14-8-6-10-16(18)17(14)20(3)15-9-5-7-13(2)11-15/h5-11,19H,4,12H2,1-3H3. The van der Waals surface area contributed by atoms with Crippen LogP contribution in [0.2, 0.25) is 5.02 Å². The third kappa shape index (κ3) is 3.33. The summed E-state index contributed by atoms with van der Waals surface area (Å²) in [4.78, 5) is 2.15. The van der Waals surface area contributed by atoms with Crippen molar-refractivity contribution in [3.05, 3.63) is 58.6 Å². The van der Waals surface area contributed by atoms with Crippen LogP contribution in [0.25, 0.3) is 0 Å². The average Bonchev–Trinajstić information content (AvgIpc) is 2.44. The lowest BCUT2D eigenvalue weighted by atomic mass is 10.1. The van der Waals surface area contributed by atoms with Gasteiger partial charge in [0.1, 0.15) is 0 Å². The fourth-order valence-corrected chi connectivity index (χ4v) is 2.62. The van der Waals surface area contributed by atoms with Crippen molar-refractivity contribution in [3.8, 4) is 0 Å². The van der Waals surface area contributed by atoms with Gasteiger partial charge in [-0.1, -0.05) is 42.8 Å². The summed E-state index contributed by atoms with van der Waals surface area (Å²) in [6, 6.07) is 14.5. The van der Waals surface area contributed by atoms with E-state index in [1.807, 2.05) is 12.1 Å². The highest BCUT2D eigenvalue weighted by atomic mass is 35.5. The lowest BCUT2D eigenvalue weighted by Gasteiger charge is -2.24. The first kappa shape index (κ1) is 14.9. The summed E-state index contributed by atoms with van der Waals surface area (Å²) in [7, 11) is 2.06. The number of aryl methyl sites for hydroxylation is 1. The topological polar surface area (TPSA) is 15.3 Å². The molecule has 0 saturated heterocycles. The smallest absolute Gasteiger partial charge is 0.0646 e. The highest BCUT2D eigenvalue weighted by Crippen LogP contribution is 2.34. The number of nitrogens with one attached hydrogen (secondary N) is 1. The maximum absolute atomic E-state index is 6.42. The second kappa shape index (κ2) is 6.78. The van der Waals surface area contributed by atoms with Crippen LogP contribution >= 0.6 is 11.6 Å². The molecule has 0 radical (unpaired) electrons. The van der Waals surface area contributed by atoms with Crippen molar-refractivity contribution in [1.29, 1.82) is 0 Å².